The zero-order valence-corrected chi connectivity index (χ0v) is 19.2. The van der Waals surface area contributed by atoms with Crippen LogP contribution in [-0.2, 0) is 21.4 Å². The van der Waals surface area contributed by atoms with Gasteiger partial charge in [-0.25, -0.2) is 13.1 Å². The van der Waals surface area contributed by atoms with Crippen molar-refractivity contribution in [3.05, 3.63) is 64.7 Å². The minimum absolute atomic E-state index is 0.173. The highest BCUT2D eigenvalue weighted by Crippen LogP contribution is 2.28. The van der Waals surface area contributed by atoms with Gasteiger partial charge in [-0.05, 0) is 44.4 Å². The molecule has 0 spiro atoms. The molecule has 164 valence electrons. The van der Waals surface area contributed by atoms with E-state index in [0.29, 0.717) is 36.0 Å². The molecule has 0 saturated carbocycles. The molecular formula is C22H26N4O3S2. The van der Waals surface area contributed by atoms with E-state index in [1.165, 1.54) is 21.2 Å². The molecule has 1 aromatic carbocycles. The molecule has 31 heavy (non-hydrogen) atoms. The van der Waals surface area contributed by atoms with Crippen LogP contribution in [0.25, 0.3) is 0 Å². The van der Waals surface area contributed by atoms with Crippen LogP contribution in [0, 0.1) is 19.8 Å². The first-order valence-corrected chi connectivity index (χ1v) is 12.5. The molecule has 9 heteroatoms. The van der Waals surface area contributed by atoms with E-state index < -0.39 is 15.9 Å². The highest BCUT2D eigenvalue weighted by Gasteiger charge is 2.34. The zero-order chi connectivity index (χ0) is 22.0. The molecule has 1 N–H and O–H groups in total. The highest BCUT2D eigenvalue weighted by atomic mass is 32.2. The zero-order valence-electron chi connectivity index (χ0n) is 17.6. The Morgan fingerprint density at radius 1 is 1.16 bits per heavy atom. The number of aromatic nitrogens is 2. The van der Waals surface area contributed by atoms with E-state index in [9.17, 15) is 13.2 Å². The molecule has 1 unspecified atom stereocenters. The summed E-state index contributed by atoms with van der Waals surface area (Å²) in [6.07, 6.45) is 2.97. The summed E-state index contributed by atoms with van der Waals surface area (Å²) in [4.78, 5) is 13.9. The maximum absolute atomic E-state index is 13.0. The molecule has 0 bridgehead atoms. The Morgan fingerprint density at radius 3 is 2.65 bits per heavy atom. The number of carbonyl (C=O) groups is 1. The van der Waals surface area contributed by atoms with Crippen LogP contribution >= 0.6 is 11.3 Å². The summed E-state index contributed by atoms with van der Waals surface area (Å²) < 4.78 is 29.4. The third kappa shape index (κ3) is 4.89. The van der Waals surface area contributed by atoms with Crippen LogP contribution in [0.5, 0.6) is 0 Å². The van der Waals surface area contributed by atoms with Gasteiger partial charge < -0.3 is 5.32 Å². The van der Waals surface area contributed by atoms with E-state index in [1.54, 1.807) is 29.1 Å². The standard InChI is InChI=1S/C22H26N4O3S2/c1-16-5-8-18(9-6-16)14-26-20(11-12-23-26)24-22(27)19-4-3-13-25(15-19)31(28,29)21-10-7-17(2)30-21/h5-12,19H,3-4,13-15H2,1-2H3,(H,24,27). The van der Waals surface area contributed by atoms with Crippen LogP contribution in [-0.4, -0.2) is 41.5 Å². The molecule has 4 rings (SSSR count). The topological polar surface area (TPSA) is 84.3 Å². The predicted octanol–water partition coefficient (Wildman–Crippen LogP) is 3.65. The largest absolute Gasteiger partial charge is 0.311 e. The number of hydrogen-bond acceptors (Lipinski definition) is 5. The molecule has 2 aromatic heterocycles. The number of thiophene rings is 1. The Kier molecular flexibility index (Phi) is 6.27. The molecule has 1 aliphatic rings. The molecule has 1 atom stereocenters. The Hall–Kier alpha value is -2.49. The Morgan fingerprint density at radius 2 is 1.94 bits per heavy atom. The maximum Gasteiger partial charge on any atom is 0.252 e. The minimum Gasteiger partial charge on any atom is -0.311 e. The number of rotatable bonds is 6. The Balaban J connectivity index is 1.43. The highest BCUT2D eigenvalue weighted by molar-refractivity contribution is 7.91. The number of hydrogen-bond donors (Lipinski definition) is 1. The monoisotopic (exact) mass is 458 g/mol. The number of benzene rings is 1. The van der Waals surface area contributed by atoms with Gasteiger partial charge in [-0.15, -0.1) is 11.3 Å². The molecule has 3 heterocycles. The van der Waals surface area contributed by atoms with E-state index in [1.807, 2.05) is 38.1 Å². The molecule has 0 aliphatic carbocycles. The van der Waals surface area contributed by atoms with Gasteiger partial charge >= 0.3 is 0 Å². The van der Waals surface area contributed by atoms with Gasteiger partial charge in [0.1, 0.15) is 10.0 Å². The van der Waals surface area contributed by atoms with Gasteiger partial charge in [0.2, 0.25) is 5.91 Å². The van der Waals surface area contributed by atoms with Crippen molar-refractivity contribution in [1.29, 1.82) is 0 Å². The number of piperidine rings is 1. The lowest BCUT2D eigenvalue weighted by Gasteiger charge is -2.30. The van der Waals surface area contributed by atoms with Gasteiger partial charge in [-0.3, -0.25) is 4.79 Å². The fourth-order valence-corrected chi connectivity index (χ4v) is 6.67. The van der Waals surface area contributed by atoms with E-state index in [2.05, 4.69) is 10.4 Å². The van der Waals surface area contributed by atoms with Gasteiger partial charge in [-0.2, -0.15) is 9.40 Å². The fourth-order valence-electron chi connectivity index (χ4n) is 3.71. The SMILES string of the molecule is Cc1ccc(Cn2nccc2NC(=O)C2CCCN(S(=O)(=O)c3ccc(C)s3)C2)cc1. The van der Waals surface area contributed by atoms with Crippen molar-refractivity contribution in [3.8, 4) is 0 Å². The van der Waals surface area contributed by atoms with Gasteiger partial charge in [0.05, 0.1) is 18.7 Å². The van der Waals surface area contributed by atoms with E-state index in [4.69, 9.17) is 0 Å². The van der Waals surface area contributed by atoms with Crippen molar-refractivity contribution in [2.75, 3.05) is 18.4 Å². The van der Waals surface area contributed by atoms with Gasteiger partial charge in [0.25, 0.3) is 10.0 Å². The molecule has 7 nitrogen and oxygen atoms in total. The number of anilines is 1. The van der Waals surface area contributed by atoms with E-state index >= 15 is 0 Å². The molecule has 1 saturated heterocycles. The predicted molar refractivity (Wildman–Crippen MR) is 122 cm³/mol. The summed E-state index contributed by atoms with van der Waals surface area (Å²) in [5.74, 6) is 0.0414. The molecule has 3 aromatic rings. The van der Waals surface area contributed by atoms with Crippen LogP contribution in [0.1, 0.15) is 28.8 Å². The number of sulfonamides is 1. The van der Waals surface area contributed by atoms with Gasteiger partial charge in [0.15, 0.2) is 0 Å². The van der Waals surface area contributed by atoms with Crippen LogP contribution < -0.4 is 5.32 Å². The molecule has 1 amide bonds. The lowest BCUT2D eigenvalue weighted by molar-refractivity contribution is -0.120. The first-order chi connectivity index (χ1) is 14.8. The molecular weight excluding hydrogens is 432 g/mol. The number of nitrogens with zero attached hydrogens (tertiary/aromatic N) is 3. The van der Waals surface area contributed by atoms with Gasteiger partial charge in [-0.1, -0.05) is 29.8 Å². The fraction of sp³-hybridized carbons (Fsp3) is 0.364. The number of aryl methyl sites for hydroxylation is 2. The Labute approximate surface area is 186 Å². The molecule has 1 fully saturated rings. The second-order valence-electron chi connectivity index (χ2n) is 7.92. The van der Waals surface area contributed by atoms with Crippen molar-refractivity contribution in [1.82, 2.24) is 14.1 Å². The van der Waals surface area contributed by atoms with Crippen LogP contribution in [0.2, 0.25) is 0 Å². The van der Waals surface area contributed by atoms with E-state index in [-0.39, 0.29) is 12.5 Å². The quantitative estimate of drug-likeness (QED) is 0.611. The van der Waals surface area contributed by atoms with Crippen molar-refractivity contribution in [3.63, 3.8) is 0 Å². The molecule has 0 radical (unpaired) electrons. The van der Waals surface area contributed by atoms with Gasteiger partial charge in [0, 0.05) is 24.0 Å². The third-order valence-electron chi connectivity index (χ3n) is 5.49. The van der Waals surface area contributed by atoms with E-state index in [0.717, 1.165) is 10.4 Å². The average Bonchev–Trinajstić information content (AvgIpc) is 3.39. The first kappa shape index (κ1) is 21.7. The number of nitrogens with one attached hydrogen (secondary N) is 1. The summed E-state index contributed by atoms with van der Waals surface area (Å²) in [5.41, 5.74) is 2.28. The summed E-state index contributed by atoms with van der Waals surface area (Å²) in [5, 5.41) is 7.28. The van der Waals surface area contributed by atoms with Crippen LogP contribution in [0.15, 0.2) is 52.9 Å². The summed E-state index contributed by atoms with van der Waals surface area (Å²) >= 11 is 1.26. The first-order valence-electron chi connectivity index (χ1n) is 10.3. The number of carbonyl (C=O) groups excluding carboxylic acids is 1. The summed E-state index contributed by atoms with van der Waals surface area (Å²) in [7, 11) is -3.57. The van der Waals surface area contributed by atoms with Crippen molar-refractivity contribution >= 4 is 33.1 Å². The smallest absolute Gasteiger partial charge is 0.252 e. The summed E-state index contributed by atoms with van der Waals surface area (Å²) in [6.45, 7) is 5.10. The Bertz CT molecular complexity index is 1170. The number of amides is 1. The lowest BCUT2D eigenvalue weighted by atomic mass is 9.99. The second-order valence-corrected chi connectivity index (χ2v) is 11.4. The second kappa shape index (κ2) is 8.94. The lowest BCUT2D eigenvalue weighted by Crippen LogP contribution is -2.43. The van der Waals surface area contributed by atoms with Crippen LogP contribution in [0.4, 0.5) is 5.82 Å². The molecule has 1 aliphatic heterocycles. The maximum atomic E-state index is 13.0. The van der Waals surface area contributed by atoms with Crippen molar-refractivity contribution in [2.24, 2.45) is 5.92 Å². The van der Waals surface area contributed by atoms with Crippen LogP contribution in [0.3, 0.4) is 0 Å². The van der Waals surface area contributed by atoms with Crippen molar-refractivity contribution < 1.29 is 13.2 Å². The average molecular weight is 459 g/mol. The summed E-state index contributed by atoms with van der Waals surface area (Å²) in [6, 6.07) is 13.4. The normalized spacial score (nSPS) is 17.5. The minimum atomic E-state index is -3.57. The van der Waals surface area contributed by atoms with Crippen molar-refractivity contribution in [2.45, 2.75) is 37.4 Å². The third-order valence-corrected chi connectivity index (χ3v) is 8.82.